The highest BCUT2D eigenvalue weighted by Crippen LogP contribution is 2.30. The van der Waals surface area contributed by atoms with E-state index >= 15 is 0 Å². The summed E-state index contributed by atoms with van der Waals surface area (Å²) in [5.41, 5.74) is 0. The first-order chi connectivity index (χ1) is 5.27. The molecule has 0 radical (unpaired) electrons. The second kappa shape index (κ2) is 2.73. The largest absolute Gasteiger partial charge is 0.390 e. The number of ether oxygens (including phenoxy) is 1. The smallest absolute Gasteiger partial charge is 0.0840 e. The Morgan fingerprint density at radius 2 is 1.27 bits per heavy atom. The lowest BCUT2D eigenvalue weighted by atomic mass is 9.88. The minimum atomic E-state index is -0.293. The highest BCUT2D eigenvalue weighted by molar-refractivity contribution is 4.87. The van der Waals surface area contributed by atoms with Crippen LogP contribution < -0.4 is 0 Å². The second-order valence-corrected chi connectivity index (χ2v) is 3.50. The van der Waals surface area contributed by atoms with Crippen LogP contribution in [0.4, 0.5) is 0 Å². The van der Waals surface area contributed by atoms with Gasteiger partial charge >= 0.3 is 0 Å². The number of rotatable bonds is 0. The average molecular weight is 158 g/mol. The molecule has 2 aliphatic heterocycles. The molecule has 0 amide bonds. The monoisotopic (exact) mass is 158 g/mol. The van der Waals surface area contributed by atoms with Crippen molar-refractivity contribution in [2.75, 3.05) is 0 Å². The fraction of sp³-hybridized carbons (Fsp3) is 1.00. The molecule has 3 nitrogen and oxygen atoms in total. The zero-order valence-corrected chi connectivity index (χ0v) is 6.44. The Bertz CT molecular complexity index is 132. The maximum Gasteiger partial charge on any atom is 0.0840 e. The molecule has 0 spiro atoms. The Morgan fingerprint density at radius 3 is 1.73 bits per heavy atom. The van der Waals surface area contributed by atoms with E-state index in [4.69, 9.17) is 4.74 Å². The normalized spacial score (nSPS) is 50.7. The summed E-state index contributed by atoms with van der Waals surface area (Å²) in [6.07, 6.45) is 2.59. The quantitative estimate of drug-likeness (QED) is 0.523. The van der Waals surface area contributed by atoms with E-state index in [-0.39, 0.29) is 24.4 Å². The Hall–Kier alpha value is -0.120. The molecule has 0 aromatic heterocycles. The third-order valence-electron chi connectivity index (χ3n) is 2.70. The molecule has 0 saturated carbocycles. The van der Waals surface area contributed by atoms with E-state index in [1.165, 1.54) is 0 Å². The van der Waals surface area contributed by atoms with Gasteiger partial charge in [-0.15, -0.1) is 0 Å². The SMILES string of the molecule is O[C@@H]1CC[C@H]2O[C@@H]1CC[C@H]2O. The molecule has 4 atom stereocenters. The lowest BCUT2D eigenvalue weighted by Gasteiger charge is -2.40. The van der Waals surface area contributed by atoms with Gasteiger partial charge in [-0.05, 0) is 25.7 Å². The van der Waals surface area contributed by atoms with Crippen LogP contribution in [0.25, 0.3) is 0 Å². The number of hydrogen-bond acceptors (Lipinski definition) is 3. The Balaban J connectivity index is 2.02. The van der Waals surface area contributed by atoms with Crippen LogP contribution in [-0.2, 0) is 4.74 Å². The van der Waals surface area contributed by atoms with Crippen molar-refractivity contribution in [1.29, 1.82) is 0 Å². The van der Waals surface area contributed by atoms with Crippen molar-refractivity contribution in [3.63, 3.8) is 0 Å². The average Bonchev–Trinajstić information content (AvgIpc) is 2.02. The van der Waals surface area contributed by atoms with Crippen molar-refractivity contribution < 1.29 is 14.9 Å². The number of fused-ring (bicyclic) bond motifs is 2. The van der Waals surface area contributed by atoms with Crippen LogP contribution >= 0.6 is 0 Å². The molecule has 3 heteroatoms. The predicted octanol–water partition coefficient (Wildman–Crippen LogP) is 0.0496. The van der Waals surface area contributed by atoms with Gasteiger partial charge in [-0.3, -0.25) is 0 Å². The van der Waals surface area contributed by atoms with Crippen LogP contribution in [0.2, 0.25) is 0 Å². The molecule has 0 aromatic carbocycles. The van der Waals surface area contributed by atoms with Gasteiger partial charge in [0.2, 0.25) is 0 Å². The summed E-state index contributed by atoms with van der Waals surface area (Å²) in [5.74, 6) is 0. The van der Waals surface area contributed by atoms with Crippen molar-refractivity contribution >= 4 is 0 Å². The van der Waals surface area contributed by atoms with E-state index in [1.54, 1.807) is 0 Å². The van der Waals surface area contributed by atoms with Crippen molar-refractivity contribution in [2.24, 2.45) is 0 Å². The predicted molar refractivity (Wildman–Crippen MR) is 39.1 cm³/mol. The molecular formula is C8H14O3. The van der Waals surface area contributed by atoms with Crippen molar-refractivity contribution in [1.82, 2.24) is 0 Å². The molecule has 2 heterocycles. The summed E-state index contributed by atoms with van der Waals surface area (Å²) in [6.45, 7) is 0. The summed E-state index contributed by atoms with van der Waals surface area (Å²) >= 11 is 0. The first-order valence-electron chi connectivity index (χ1n) is 4.29. The zero-order valence-electron chi connectivity index (χ0n) is 6.44. The fourth-order valence-electron chi connectivity index (χ4n) is 1.97. The van der Waals surface area contributed by atoms with Gasteiger partial charge in [-0.25, -0.2) is 0 Å². The number of hydrogen-bond donors (Lipinski definition) is 2. The Labute approximate surface area is 66.0 Å². The van der Waals surface area contributed by atoms with E-state index in [9.17, 15) is 10.2 Å². The van der Waals surface area contributed by atoms with Crippen LogP contribution in [-0.4, -0.2) is 34.6 Å². The third-order valence-corrected chi connectivity index (χ3v) is 2.70. The molecule has 0 aliphatic carbocycles. The molecule has 2 fully saturated rings. The lowest BCUT2D eigenvalue weighted by molar-refractivity contribution is -0.182. The standard InChI is InChI=1S/C8H14O3/c9-5-1-3-7-6(10)2-4-8(5)11-7/h5-10H,1-4H2/t5-,6-,7-,8-/m1/s1. The molecule has 2 saturated heterocycles. The molecule has 0 unspecified atom stereocenters. The van der Waals surface area contributed by atoms with Gasteiger partial charge in [0, 0.05) is 0 Å². The lowest BCUT2D eigenvalue weighted by Crippen LogP contribution is -2.48. The van der Waals surface area contributed by atoms with Crippen LogP contribution in [0.15, 0.2) is 0 Å². The summed E-state index contributed by atoms with van der Waals surface area (Å²) in [5, 5.41) is 18.8. The van der Waals surface area contributed by atoms with Gasteiger partial charge in [0.15, 0.2) is 0 Å². The first-order valence-corrected chi connectivity index (χ1v) is 4.29. The van der Waals surface area contributed by atoms with Crippen molar-refractivity contribution in [3.8, 4) is 0 Å². The van der Waals surface area contributed by atoms with E-state index in [0.29, 0.717) is 0 Å². The van der Waals surface area contributed by atoms with Crippen LogP contribution in [0, 0.1) is 0 Å². The van der Waals surface area contributed by atoms with E-state index < -0.39 is 0 Å². The van der Waals surface area contributed by atoms with Gasteiger partial charge < -0.3 is 14.9 Å². The second-order valence-electron chi connectivity index (χ2n) is 3.50. The summed E-state index contributed by atoms with van der Waals surface area (Å²) in [7, 11) is 0. The summed E-state index contributed by atoms with van der Waals surface area (Å²) in [4.78, 5) is 0. The van der Waals surface area contributed by atoms with Gasteiger partial charge in [0.25, 0.3) is 0 Å². The summed E-state index contributed by atoms with van der Waals surface area (Å²) < 4.78 is 5.45. The molecule has 2 aliphatic rings. The van der Waals surface area contributed by atoms with E-state index in [1.807, 2.05) is 0 Å². The molecule has 2 rings (SSSR count). The van der Waals surface area contributed by atoms with Gasteiger partial charge in [0.05, 0.1) is 24.4 Å². The molecule has 2 N–H and O–H groups in total. The summed E-state index contributed by atoms with van der Waals surface area (Å²) in [6, 6.07) is 0. The van der Waals surface area contributed by atoms with Gasteiger partial charge in [0.1, 0.15) is 0 Å². The number of aliphatic hydroxyl groups excluding tert-OH is 2. The van der Waals surface area contributed by atoms with Crippen molar-refractivity contribution in [2.45, 2.75) is 50.1 Å². The highest BCUT2D eigenvalue weighted by atomic mass is 16.5. The van der Waals surface area contributed by atoms with E-state index in [2.05, 4.69) is 0 Å². The van der Waals surface area contributed by atoms with Crippen LogP contribution in [0.5, 0.6) is 0 Å². The molecule has 0 aromatic rings. The highest BCUT2D eigenvalue weighted by Gasteiger charge is 2.37. The molecule has 2 bridgehead atoms. The maximum atomic E-state index is 9.40. The van der Waals surface area contributed by atoms with Crippen LogP contribution in [0.3, 0.4) is 0 Å². The minimum Gasteiger partial charge on any atom is -0.390 e. The van der Waals surface area contributed by atoms with Gasteiger partial charge in [-0.2, -0.15) is 0 Å². The van der Waals surface area contributed by atoms with Gasteiger partial charge in [-0.1, -0.05) is 0 Å². The zero-order chi connectivity index (χ0) is 7.84. The number of aliphatic hydroxyl groups is 2. The third kappa shape index (κ3) is 1.28. The fourth-order valence-corrected chi connectivity index (χ4v) is 1.97. The topological polar surface area (TPSA) is 49.7 Å². The van der Waals surface area contributed by atoms with Crippen LogP contribution in [0.1, 0.15) is 25.7 Å². The Morgan fingerprint density at radius 1 is 0.818 bits per heavy atom. The molecule has 11 heavy (non-hydrogen) atoms. The maximum absolute atomic E-state index is 9.40. The Kier molecular flexibility index (Phi) is 1.87. The molecule has 64 valence electrons. The van der Waals surface area contributed by atoms with Crippen molar-refractivity contribution in [3.05, 3.63) is 0 Å². The van der Waals surface area contributed by atoms with E-state index in [0.717, 1.165) is 25.7 Å². The molecular weight excluding hydrogens is 144 g/mol. The first kappa shape index (κ1) is 7.53. The minimum absolute atomic E-state index is 0.00264.